The molecular formula is C24H42O4. The quantitative estimate of drug-likeness (QED) is 0.280. The van der Waals surface area contributed by atoms with E-state index in [1.807, 2.05) is 6.92 Å². The van der Waals surface area contributed by atoms with E-state index in [9.17, 15) is 14.7 Å². The van der Waals surface area contributed by atoms with Crippen LogP contribution in [0.5, 0.6) is 0 Å². The van der Waals surface area contributed by atoms with Gasteiger partial charge in [-0.2, -0.15) is 0 Å². The molecule has 1 aliphatic rings. The Morgan fingerprint density at radius 1 is 1.14 bits per heavy atom. The van der Waals surface area contributed by atoms with Crippen molar-refractivity contribution in [2.45, 2.75) is 109 Å². The number of aliphatic hydroxyl groups is 2. The Labute approximate surface area is 171 Å². The van der Waals surface area contributed by atoms with Crippen molar-refractivity contribution >= 4 is 11.6 Å². The third-order valence-electron chi connectivity index (χ3n) is 6.06. The minimum atomic E-state index is -0.644. The second-order valence-electron chi connectivity index (χ2n) is 8.86. The van der Waals surface area contributed by atoms with Gasteiger partial charge in [0.25, 0.3) is 0 Å². The second kappa shape index (κ2) is 14.1. The molecule has 0 aromatic heterocycles. The number of hydrogen-bond acceptors (Lipinski definition) is 4. The predicted octanol–water partition coefficient (Wildman–Crippen LogP) is 5.15. The number of aliphatic hydroxyl groups excluding tert-OH is 1. The van der Waals surface area contributed by atoms with Crippen LogP contribution in [0.3, 0.4) is 0 Å². The van der Waals surface area contributed by atoms with Crippen LogP contribution in [0.2, 0.25) is 0 Å². The van der Waals surface area contributed by atoms with E-state index in [1.54, 1.807) is 0 Å². The third-order valence-corrected chi connectivity index (χ3v) is 6.06. The maximum Gasteiger partial charge on any atom is 0.158 e. The summed E-state index contributed by atoms with van der Waals surface area (Å²) in [6.07, 6.45) is 17.3. The summed E-state index contributed by atoms with van der Waals surface area (Å²) in [5, 5.41) is 19.2. The molecule has 4 nitrogen and oxygen atoms in total. The van der Waals surface area contributed by atoms with Gasteiger partial charge in [-0.1, -0.05) is 64.0 Å². The molecule has 0 amide bonds. The first-order chi connectivity index (χ1) is 13.4. The van der Waals surface area contributed by atoms with Crippen molar-refractivity contribution < 1.29 is 19.8 Å². The summed E-state index contributed by atoms with van der Waals surface area (Å²) >= 11 is 0. The molecule has 0 saturated heterocycles. The molecule has 0 radical (unpaired) electrons. The lowest BCUT2D eigenvalue weighted by Gasteiger charge is -2.22. The molecular weight excluding hydrogens is 352 g/mol. The highest BCUT2D eigenvalue weighted by Gasteiger charge is 2.32. The molecule has 4 heteroatoms. The number of allylic oxidation sites excluding steroid dienone is 1. The van der Waals surface area contributed by atoms with Crippen LogP contribution in [0.15, 0.2) is 12.2 Å². The molecule has 0 aromatic carbocycles. The lowest BCUT2D eigenvalue weighted by Crippen LogP contribution is -2.23. The van der Waals surface area contributed by atoms with Crippen molar-refractivity contribution in [2.75, 3.05) is 6.61 Å². The largest absolute Gasteiger partial charge is 0.390 e. The van der Waals surface area contributed by atoms with E-state index in [4.69, 9.17) is 5.11 Å². The molecule has 1 unspecified atom stereocenters. The number of carbonyl (C=O) groups is 2. The topological polar surface area (TPSA) is 74.6 Å². The summed E-state index contributed by atoms with van der Waals surface area (Å²) in [6, 6.07) is 0. The van der Waals surface area contributed by atoms with Crippen LogP contribution < -0.4 is 0 Å². The van der Waals surface area contributed by atoms with Gasteiger partial charge in [0.15, 0.2) is 5.78 Å². The monoisotopic (exact) mass is 394 g/mol. The maximum atomic E-state index is 12.2. The normalized spacial score (nSPS) is 22.1. The highest BCUT2D eigenvalue weighted by Crippen LogP contribution is 2.34. The fraction of sp³-hybridized carbons (Fsp3) is 0.833. The van der Waals surface area contributed by atoms with Gasteiger partial charge in [-0.15, -0.1) is 0 Å². The molecule has 162 valence electrons. The smallest absolute Gasteiger partial charge is 0.158 e. The van der Waals surface area contributed by atoms with Crippen molar-refractivity contribution in [1.82, 2.24) is 0 Å². The molecule has 1 aliphatic carbocycles. The second-order valence-corrected chi connectivity index (χ2v) is 8.86. The summed E-state index contributed by atoms with van der Waals surface area (Å²) in [5.41, 5.74) is -0.644. The van der Waals surface area contributed by atoms with Crippen LogP contribution in [0.1, 0.15) is 104 Å². The Kier molecular flexibility index (Phi) is 12.6. The average Bonchev–Trinajstić information content (AvgIpc) is 3.01. The van der Waals surface area contributed by atoms with Gasteiger partial charge in [-0.25, -0.2) is 0 Å². The zero-order valence-electron chi connectivity index (χ0n) is 18.1. The first kappa shape index (κ1) is 25.0. The van der Waals surface area contributed by atoms with E-state index in [1.165, 1.54) is 19.3 Å². The molecule has 0 aromatic rings. The van der Waals surface area contributed by atoms with Crippen LogP contribution in [0, 0.1) is 11.8 Å². The highest BCUT2D eigenvalue weighted by molar-refractivity contribution is 5.83. The summed E-state index contributed by atoms with van der Waals surface area (Å²) in [7, 11) is 0. The van der Waals surface area contributed by atoms with Crippen molar-refractivity contribution in [3.63, 3.8) is 0 Å². The summed E-state index contributed by atoms with van der Waals surface area (Å²) in [6.45, 7) is 3.76. The Morgan fingerprint density at radius 2 is 1.86 bits per heavy atom. The molecule has 1 rings (SSSR count). The van der Waals surface area contributed by atoms with E-state index >= 15 is 0 Å². The molecule has 1 fully saturated rings. The number of Topliss-reactive ketones (excluding diaryl/α,β-unsaturated/α-hetero) is 2. The Hall–Kier alpha value is -1.00. The van der Waals surface area contributed by atoms with E-state index in [0.29, 0.717) is 31.0 Å². The molecule has 0 heterocycles. The lowest BCUT2D eigenvalue weighted by molar-refractivity contribution is -0.122. The van der Waals surface area contributed by atoms with Gasteiger partial charge < -0.3 is 10.2 Å². The summed E-state index contributed by atoms with van der Waals surface area (Å²) in [5.74, 6) is 0.748. The zero-order chi connectivity index (χ0) is 20.8. The van der Waals surface area contributed by atoms with Gasteiger partial charge in [0.2, 0.25) is 0 Å². The van der Waals surface area contributed by atoms with Crippen molar-refractivity contribution in [3.05, 3.63) is 12.2 Å². The van der Waals surface area contributed by atoms with E-state index < -0.39 is 5.60 Å². The fourth-order valence-corrected chi connectivity index (χ4v) is 4.19. The van der Waals surface area contributed by atoms with E-state index in [2.05, 4.69) is 19.1 Å². The third kappa shape index (κ3) is 10.5. The van der Waals surface area contributed by atoms with Crippen LogP contribution in [0.4, 0.5) is 0 Å². The highest BCUT2D eigenvalue weighted by atomic mass is 16.3. The number of unbranched alkanes of at least 4 members (excludes halogenated alkanes) is 6. The van der Waals surface area contributed by atoms with Crippen LogP contribution in [-0.4, -0.2) is 34.0 Å². The number of hydrogen-bond donors (Lipinski definition) is 2. The average molecular weight is 395 g/mol. The Bertz CT molecular complexity index is 481. The predicted molar refractivity (Wildman–Crippen MR) is 114 cm³/mol. The molecule has 2 N–H and O–H groups in total. The van der Waals surface area contributed by atoms with Gasteiger partial charge in [0, 0.05) is 18.8 Å². The SMILES string of the molecule is CCCCCCC(C)(O)CC=C[C@H]1CCC(=O)[C@@H]1CCCCCCC(=O)CO. The first-order valence-electron chi connectivity index (χ1n) is 11.4. The Balaban J connectivity index is 2.30. The first-order valence-corrected chi connectivity index (χ1v) is 11.4. The summed E-state index contributed by atoms with van der Waals surface area (Å²) in [4.78, 5) is 23.3. The van der Waals surface area contributed by atoms with Crippen molar-refractivity contribution in [3.8, 4) is 0 Å². The van der Waals surface area contributed by atoms with Crippen molar-refractivity contribution in [2.24, 2.45) is 11.8 Å². The van der Waals surface area contributed by atoms with Gasteiger partial charge in [0.05, 0.1) is 5.60 Å². The standard InChI is InChI=1S/C24H42O4/c1-3-4-5-10-17-24(2,28)18-11-12-20-15-16-23(27)22(20)14-9-7-6-8-13-21(26)19-25/h11-12,20,22,25,28H,3-10,13-19H2,1-2H3/t20-,22+,24?/m0/s1. The summed E-state index contributed by atoms with van der Waals surface area (Å²) < 4.78 is 0. The molecule has 3 atom stereocenters. The maximum absolute atomic E-state index is 12.2. The molecule has 0 spiro atoms. The van der Waals surface area contributed by atoms with Crippen LogP contribution in [0.25, 0.3) is 0 Å². The minimum absolute atomic E-state index is 0.0857. The van der Waals surface area contributed by atoms with Crippen LogP contribution in [-0.2, 0) is 9.59 Å². The van der Waals surface area contributed by atoms with Gasteiger partial charge in [-0.3, -0.25) is 9.59 Å². The molecule has 0 bridgehead atoms. The molecule has 1 saturated carbocycles. The fourth-order valence-electron chi connectivity index (χ4n) is 4.19. The number of carbonyl (C=O) groups excluding carboxylic acids is 2. The van der Waals surface area contributed by atoms with E-state index in [0.717, 1.165) is 51.4 Å². The van der Waals surface area contributed by atoms with Crippen molar-refractivity contribution in [1.29, 1.82) is 0 Å². The number of rotatable bonds is 16. The molecule has 28 heavy (non-hydrogen) atoms. The minimum Gasteiger partial charge on any atom is -0.390 e. The van der Waals surface area contributed by atoms with E-state index in [-0.39, 0.29) is 18.3 Å². The Morgan fingerprint density at radius 3 is 2.57 bits per heavy atom. The van der Waals surface area contributed by atoms with Gasteiger partial charge in [0.1, 0.15) is 12.4 Å². The van der Waals surface area contributed by atoms with Crippen LogP contribution >= 0.6 is 0 Å². The van der Waals surface area contributed by atoms with Gasteiger partial charge in [-0.05, 0) is 44.9 Å². The zero-order valence-corrected chi connectivity index (χ0v) is 18.1. The lowest BCUT2D eigenvalue weighted by atomic mass is 9.88. The number of ketones is 2. The molecule has 0 aliphatic heterocycles. The van der Waals surface area contributed by atoms with Gasteiger partial charge >= 0.3 is 0 Å².